The van der Waals surface area contributed by atoms with Crippen LogP contribution in [0.25, 0.3) is 0 Å². The summed E-state index contributed by atoms with van der Waals surface area (Å²) in [5, 5.41) is 12.0. The predicted molar refractivity (Wildman–Crippen MR) is 87.1 cm³/mol. The Morgan fingerprint density at radius 1 is 1.38 bits per heavy atom. The first-order valence-corrected chi connectivity index (χ1v) is 9.19. The van der Waals surface area contributed by atoms with Crippen molar-refractivity contribution in [1.82, 2.24) is 5.32 Å². The number of carbonyl (C=O) groups excluding carboxylic acids is 1. The molecule has 2 rings (SSSR count). The first-order valence-electron chi connectivity index (χ1n) is 6.84. The molecule has 0 saturated heterocycles. The van der Waals surface area contributed by atoms with Crippen molar-refractivity contribution in [2.24, 2.45) is 0 Å². The monoisotopic (exact) mass is 347 g/mol. The van der Waals surface area contributed by atoms with Gasteiger partial charge in [-0.15, -0.1) is 23.1 Å². The molecule has 1 aromatic heterocycles. The van der Waals surface area contributed by atoms with Gasteiger partial charge in [-0.2, -0.15) is 0 Å². The topological polar surface area (TPSA) is 66.4 Å². The van der Waals surface area contributed by atoms with Crippen LogP contribution in [0.3, 0.4) is 0 Å². The van der Waals surface area contributed by atoms with Crippen molar-refractivity contribution in [3.05, 3.63) is 21.3 Å². The Hall–Kier alpha value is -0.720. The third kappa shape index (κ3) is 5.20. The van der Waals surface area contributed by atoms with Gasteiger partial charge in [-0.1, -0.05) is 24.4 Å². The minimum Gasteiger partial charge on any atom is -0.481 e. The number of hydrogen-bond acceptors (Lipinski definition) is 4. The van der Waals surface area contributed by atoms with E-state index in [2.05, 4.69) is 5.32 Å². The van der Waals surface area contributed by atoms with Gasteiger partial charge < -0.3 is 10.4 Å². The first-order chi connectivity index (χ1) is 9.99. The summed E-state index contributed by atoms with van der Waals surface area (Å²) in [5.74, 6) is 0.164. The van der Waals surface area contributed by atoms with Crippen LogP contribution in [0.2, 0.25) is 4.34 Å². The number of nitrogens with one attached hydrogen (secondary N) is 1. The maximum absolute atomic E-state index is 12.0. The molecule has 0 spiro atoms. The molecule has 21 heavy (non-hydrogen) atoms. The summed E-state index contributed by atoms with van der Waals surface area (Å²) in [4.78, 5) is 24.1. The Morgan fingerprint density at radius 3 is 2.67 bits per heavy atom. The molecular formula is C14H18ClNO3S2. The SMILES string of the molecule is O=C(O)CC1(NC(=O)CSCc2ccc(Cl)s2)CCCC1. The molecule has 0 atom stereocenters. The maximum Gasteiger partial charge on any atom is 0.305 e. The van der Waals surface area contributed by atoms with Crippen LogP contribution in [-0.4, -0.2) is 28.3 Å². The van der Waals surface area contributed by atoms with E-state index in [1.54, 1.807) is 0 Å². The van der Waals surface area contributed by atoms with Gasteiger partial charge in [0.15, 0.2) is 0 Å². The Morgan fingerprint density at radius 2 is 2.10 bits per heavy atom. The van der Waals surface area contributed by atoms with Crippen molar-refractivity contribution in [2.45, 2.75) is 43.4 Å². The summed E-state index contributed by atoms with van der Waals surface area (Å²) >= 11 is 8.89. The van der Waals surface area contributed by atoms with E-state index in [1.807, 2.05) is 12.1 Å². The number of carbonyl (C=O) groups is 2. The zero-order valence-corrected chi connectivity index (χ0v) is 14.0. The Kier molecular flexibility index (Phi) is 5.96. The lowest BCUT2D eigenvalue weighted by Gasteiger charge is -2.28. The molecule has 1 heterocycles. The molecule has 0 aliphatic heterocycles. The van der Waals surface area contributed by atoms with Gasteiger partial charge in [0.1, 0.15) is 0 Å². The third-order valence-electron chi connectivity index (χ3n) is 3.56. The smallest absolute Gasteiger partial charge is 0.305 e. The van der Waals surface area contributed by atoms with E-state index in [1.165, 1.54) is 23.1 Å². The summed E-state index contributed by atoms with van der Waals surface area (Å²) in [6.07, 6.45) is 3.50. The van der Waals surface area contributed by atoms with Gasteiger partial charge in [0.2, 0.25) is 5.91 Å². The fraction of sp³-hybridized carbons (Fsp3) is 0.571. The number of amides is 1. The molecule has 1 aliphatic rings. The van der Waals surface area contributed by atoms with Crippen molar-refractivity contribution in [1.29, 1.82) is 0 Å². The molecule has 7 heteroatoms. The van der Waals surface area contributed by atoms with Crippen LogP contribution in [0.15, 0.2) is 12.1 Å². The van der Waals surface area contributed by atoms with Crippen LogP contribution in [0.1, 0.15) is 37.0 Å². The van der Waals surface area contributed by atoms with Gasteiger partial charge in [0.05, 0.1) is 22.0 Å². The highest BCUT2D eigenvalue weighted by Crippen LogP contribution is 2.33. The van der Waals surface area contributed by atoms with Crippen LogP contribution in [-0.2, 0) is 15.3 Å². The standard InChI is InChI=1S/C14H18ClNO3S2/c15-11-4-3-10(21-11)8-20-9-12(17)16-14(7-13(18)19)5-1-2-6-14/h3-4H,1-2,5-9H2,(H,16,17)(H,18,19). The van der Waals surface area contributed by atoms with E-state index in [0.29, 0.717) is 5.75 Å². The van der Waals surface area contributed by atoms with E-state index in [9.17, 15) is 9.59 Å². The molecule has 1 saturated carbocycles. The Bertz CT molecular complexity index is 512. The fourth-order valence-corrected chi connectivity index (χ4v) is 4.72. The van der Waals surface area contributed by atoms with Gasteiger partial charge >= 0.3 is 5.97 Å². The first kappa shape index (κ1) is 16.6. The fourth-order valence-electron chi connectivity index (χ4n) is 2.69. The number of carboxylic acid groups (broad SMARTS) is 1. The maximum atomic E-state index is 12.0. The normalized spacial score (nSPS) is 16.8. The quantitative estimate of drug-likeness (QED) is 0.791. The highest BCUT2D eigenvalue weighted by atomic mass is 35.5. The van der Waals surface area contributed by atoms with Crippen molar-refractivity contribution in [3.8, 4) is 0 Å². The molecule has 0 unspecified atom stereocenters. The number of aliphatic carboxylic acids is 1. The van der Waals surface area contributed by atoms with E-state index in [4.69, 9.17) is 16.7 Å². The highest BCUT2D eigenvalue weighted by molar-refractivity contribution is 7.99. The van der Waals surface area contributed by atoms with Crippen molar-refractivity contribution < 1.29 is 14.7 Å². The molecule has 0 aromatic carbocycles. The van der Waals surface area contributed by atoms with Crippen molar-refractivity contribution in [2.75, 3.05) is 5.75 Å². The van der Waals surface area contributed by atoms with Gasteiger partial charge in [0, 0.05) is 10.6 Å². The molecule has 1 fully saturated rings. The minimum absolute atomic E-state index is 0.0178. The van der Waals surface area contributed by atoms with Crippen LogP contribution >= 0.6 is 34.7 Å². The summed E-state index contributed by atoms with van der Waals surface area (Å²) in [5.41, 5.74) is -0.532. The lowest BCUT2D eigenvalue weighted by atomic mass is 9.93. The van der Waals surface area contributed by atoms with E-state index in [-0.39, 0.29) is 12.3 Å². The molecule has 1 amide bonds. The molecule has 116 valence electrons. The van der Waals surface area contributed by atoms with Crippen molar-refractivity contribution in [3.63, 3.8) is 0 Å². The van der Waals surface area contributed by atoms with E-state index in [0.717, 1.165) is 40.6 Å². The van der Waals surface area contributed by atoms with Crippen LogP contribution < -0.4 is 5.32 Å². The average Bonchev–Trinajstić information content (AvgIpc) is 2.98. The summed E-state index contributed by atoms with van der Waals surface area (Å²) in [6, 6.07) is 3.81. The average molecular weight is 348 g/mol. The number of hydrogen-bond donors (Lipinski definition) is 2. The molecule has 1 aliphatic carbocycles. The van der Waals surface area contributed by atoms with E-state index < -0.39 is 11.5 Å². The lowest BCUT2D eigenvalue weighted by Crippen LogP contribution is -2.48. The second kappa shape index (κ2) is 7.51. The van der Waals surface area contributed by atoms with Gasteiger partial charge in [-0.3, -0.25) is 9.59 Å². The third-order valence-corrected chi connectivity index (χ3v) is 5.96. The largest absolute Gasteiger partial charge is 0.481 e. The molecule has 2 N–H and O–H groups in total. The van der Waals surface area contributed by atoms with Crippen LogP contribution in [0, 0.1) is 0 Å². The zero-order chi connectivity index (χ0) is 15.3. The van der Waals surface area contributed by atoms with Gasteiger partial charge in [0.25, 0.3) is 0 Å². The number of thiophene rings is 1. The Labute approximate surface area is 137 Å². The van der Waals surface area contributed by atoms with Crippen molar-refractivity contribution >= 4 is 46.6 Å². The molecular weight excluding hydrogens is 330 g/mol. The zero-order valence-electron chi connectivity index (χ0n) is 11.6. The van der Waals surface area contributed by atoms with Gasteiger partial charge in [-0.05, 0) is 25.0 Å². The number of rotatable bonds is 7. The number of halogens is 1. The summed E-state index contributed by atoms with van der Waals surface area (Å²) in [7, 11) is 0. The van der Waals surface area contributed by atoms with Crippen LogP contribution in [0.5, 0.6) is 0 Å². The molecule has 4 nitrogen and oxygen atoms in total. The Balaban J connectivity index is 1.78. The second-order valence-electron chi connectivity index (χ2n) is 5.30. The van der Waals surface area contributed by atoms with E-state index >= 15 is 0 Å². The minimum atomic E-state index is -0.849. The summed E-state index contributed by atoms with van der Waals surface area (Å²) in [6.45, 7) is 0. The number of carboxylic acids is 1. The highest BCUT2D eigenvalue weighted by Gasteiger charge is 2.37. The predicted octanol–water partition coefficient (Wildman–Crippen LogP) is 3.54. The second-order valence-corrected chi connectivity index (χ2v) is 8.09. The molecule has 1 aromatic rings. The summed E-state index contributed by atoms with van der Waals surface area (Å²) < 4.78 is 0.751. The van der Waals surface area contributed by atoms with Crippen LogP contribution in [0.4, 0.5) is 0 Å². The van der Waals surface area contributed by atoms with Gasteiger partial charge in [-0.25, -0.2) is 0 Å². The lowest BCUT2D eigenvalue weighted by molar-refractivity contribution is -0.139. The molecule has 0 radical (unpaired) electrons. The molecule has 0 bridgehead atoms. The number of thioether (sulfide) groups is 1.